The second kappa shape index (κ2) is 6.10. The standard InChI is InChI=1S/C15H16F3NO4/c1-10-2-4-11(5-3-10)23-8-12(20)19-7-6-14(9-19,13(21)22)15(16,17)18/h2-5H,6-9H2,1H3,(H,21,22). The number of likely N-dealkylation sites (tertiary alicyclic amines) is 1. The van der Waals surface area contributed by atoms with E-state index in [4.69, 9.17) is 9.84 Å². The fourth-order valence-corrected chi connectivity index (χ4v) is 2.42. The number of amides is 1. The van der Waals surface area contributed by atoms with E-state index < -0.39 is 43.0 Å². The summed E-state index contributed by atoms with van der Waals surface area (Å²) in [6.45, 7) is 0.294. The molecule has 1 atom stereocenters. The zero-order chi connectivity index (χ0) is 17.3. The summed E-state index contributed by atoms with van der Waals surface area (Å²) in [6, 6.07) is 6.83. The van der Waals surface area contributed by atoms with Gasteiger partial charge in [-0.15, -0.1) is 0 Å². The van der Waals surface area contributed by atoms with Gasteiger partial charge in [-0.05, 0) is 25.5 Å². The van der Waals surface area contributed by atoms with Crippen LogP contribution in [0.4, 0.5) is 13.2 Å². The molecule has 1 saturated heterocycles. The summed E-state index contributed by atoms with van der Waals surface area (Å²) in [5.41, 5.74) is -1.90. The molecule has 1 heterocycles. The summed E-state index contributed by atoms with van der Waals surface area (Å²) in [6.07, 6.45) is -5.56. The normalized spacial score (nSPS) is 21.3. The van der Waals surface area contributed by atoms with Gasteiger partial charge in [-0.3, -0.25) is 9.59 Å². The van der Waals surface area contributed by atoms with E-state index in [9.17, 15) is 22.8 Å². The van der Waals surface area contributed by atoms with E-state index >= 15 is 0 Å². The van der Waals surface area contributed by atoms with Crippen LogP contribution in [0.25, 0.3) is 0 Å². The molecule has 1 unspecified atom stereocenters. The molecular weight excluding hydrogens is 315 g/mol. The lowest BCUT2D eigenvalue weighted by Gasteiger charge is -2.27. The predicted molar refractivity (Wildman–Crippen MR) is 74.0 cm³/mol. The Morgan fingerprint density at radius 1 is 1.30 bits per heavy atom. The number of hydrogen-bond donors (Lipinski definition) is 1. The van der Waals surface area contributed by atoms with Crippen LogP contribution >= 0.6 is 0 Å². The number of ether oxygens (including phenoxy) is 1. The summed E-state index contributed by atoms with van der Waals surface area (Å²) in [4.78, 5) is 23.9. The minimum Gasteiger partial charge on any atom is -0.484 e. The summed E-state index contributed by atoms with van der Waals surface area (Å²) in [5, 5.41) is 8.94. The van der Waals surface area contributed by atoms with E-state index in [1.165, 1.54) is 0 Å². The molecule has 23 heavy (non-hydrogen) atoms. The van der Waals surface area contributed by atoms with Gasteiger partial charge in [0, 0.05) is 13.1 Å². The quantitative estimate of drug-likeness (QED) is 0.919. The van der Waals surface area contributed by atoms with Crippen molar-refractivity contribution in [2.45, 2.75) is 19.5 Å². The zero-order valence-corrected chi connectivity index (χ0v) is 12.4. The number of benzene rings is 1. The number of carboxylic acid groups (broad SMARTS) is 1. The molecule has 0 radical (unpaired) electrons. The van der Waals surface area contributed by atoms with Gasteiger partial charge in [0.25, 0.3) is 5.91 Å². The number of hydrogen-bond acceptors (Lipinski definition) is 3. The molecule has 126 valence electrons. The van der Waals surface area contributed by atoms with Crippen molar-refractivity contribution in [2.24, 2.45) is 5.41 Å². The number of carboxylic acids is 1. The van der Waals surface area contributed by atoms with Gasteiger partial charge in [0.15, 0.2) is 12.0 Å². The van der Waals surface area contributed by atoms with Crippen LogP contribution in [0.15, 0.2) is 24.3 Å². The maximum absolute atomic E-state index is 13.0. The van der Waals surface area contributed by atoms with Gasteiger partial charge in [0.2, 0.25) is 0 Å². The van der Waals surface area contributed by atoms with Gasteiger partial charge >= 0.3 is 12.1 Å². The maximum atomic E-state index is 13.0. The van der Waals surface area contributed by atoms with Crippen molar-refractivity contribution in [2.75, 3.05) is 19.7 Å². The number of alkyl halides is 3. The van der Waals surface area contributed by atoms with Crippen molar-refractivity contribution < 1.29 is 32.6 Å². The van der Waals surface area contributed by atoms with Gasteiger partial charge in [0.05, 0.1) is 0 Å². The van der Waals surface area contributed by atoms with E-state index in [1.807, 2.05) is 6.92 Å². The van der Waals surface area contributed by atoms with Gasteiger partial charge in [-0.1, -0.05) is 17.7 Å². The van der Waals surface area contributed by atoms with Gasteiger partial charge in [-0.25, -0.2) is 0 Å². The molecule has 0 spiro atoms. The molecule has 5 nitrogen and oxygen atoms in total. The maximum Gasteiger partial charge on any atom is 0.406 e. The predicted octanol–water partition coefficient (Wildman–Crippen LogP) is 2.24. The Morgan fingerprint density at radius 3 is 2.39 bits per heavy atom. The third kappa shape index (κ3) is 3.40. The highest BCUT2D eigenvalue weighted by atomic mass is 19.4. The molecule has 1 aromatic carbocycles. The van der Waals surface area contributed by atoms with E-state index in [0.29, 0.717) is 5.75 Å². The number of carbonyl (C=O) groups is 2. The molecule has 1 fully saturated rings. The number of aliphatic carboxylic acids is 1. The van der Waals surface area contributed by atoms with Gasteiger partial charge in [0.1, 0.15) is 5.75 Å². The van der Waals surface area contributed by atoms with Crippen LogP contribution in [0.5, 0.6) is 5.75 Å². The van der Waals surface area contributed by atoms with Crippen LogP contribution in [0.1, 0.15) is 12.0 Å². The number of rotatable bonds is 4. The third-order valence-corrected chi connectivity index (χ3v) is 3.96. The van der Waals surface area contributed by atoms with E-state index in [0.717, 1.165) is 10.5 Å². The van der Waals surface area contributed by atoms with Crippen LogP contribution < -0.4 is 4.74 Å². The summed E-state index contributed by atoms with van der Waals surface area (Å²) in [7, 11) is 0. The molecule has 1 aromatic rings. The molecule has 1 aliphatic heterocycles. The highest BCUT2D eigenvalue weighted by Gasteiger charge is 2.64. The van der Waals surface area contributed by atoms with Crippen molar-refractivity contribution in [3.63, 3.8) is 0 Å². The molecule has 0 bridgehead atoms. The molecule has 1 N–H and O–H groups in total. The smallest absolute Gasteiger partial charge is 0.406 e. The van der Waals surface area contributed by atoms with E-state index in [1.54, 1.807) is 24.3 Å². The first kappa shape index (κ1) is 17.1. The lowest BCUT2D eigenvalue weighted by Crippen LogP contribution is -2.48. The monoisotopic (exact) mass is 331 g/mol. The molecule has 8 heteroatoms. The Bertz CT molecular complexity index is 600. The first-order valence-corrected chi connectivity index (χ1v) is 6.93. The summed E-state index contributed by atoms with van der Waals surface area (Å²) >= 11 is 0. The minimum atomic E-state index is -4.91. The average Bonchev–Trinajstić information content (AvgIpc) is 2.93. The Morgan fingerprint density at radius 2 is 1.91 bits per heavy atom. The number of carbonyl (C=O) groups excluding carboxylic acids is 1. The fraction of sp³-hybridized carbons (Fsp3) is 0.467. The van der Waals surface area contributed by atoms with Gasteiger partial charge < -0.3 is 14.7 Å². The molecule has 0 saturated carbocycles. The number of aryl methyl sites for hydroxylation is 1. The minimum absolute atomic E-state index is 0.262. The van der Waals surface area contributed by atoms with E-state index in [2.05, 4.69) is 0 Å². The zero-order valence-electron chi connectivity index (χ0n) is 12.4. The topological polar surface area (TPSA) is 66.8 Å². The lowest BCUT2D eigenvalue weighted by molar-refractivity contribution is -0.227. The first-order chi connectivity index (χ1) is 10.7. The second-order valence-electron chi connectivity index (χ2n) is 5.55. The highest BCUT2D eigenvalue weighted by molar-refractivity contribution is 5.82. The number of nitrogens with zero attached hydrogens (tertiary/aromatic N) is 1. The summed E-state index contributed by atoms with van der Waals surface area (Å²) < 4.78 is 44.4. The first-order valence-electron chi connectivity index (χ1n) is 6.93. The molecule has 0 aliphatic carbocycles. The van der Waals surface area contributed by atoms with Crippen molar-refractivity contribution in [3.05, 3.63) is 29.8 Å². The molecule has 1 aliphatic rings. The fourth-order valence-electron chi connectivity index (χ4n) is 2.42. The van der Waals surface area contributed by atoms with Crippen LogP contribution in [-0.2, 0) is 9.59 Å². The van der Waals surface area contributed by atoms with Crippen molar-refractivity contribution >= 4 is 11.9 Å². The molecule has 1 amide bonds. The van der Waals surface area contributed by atoms with Gasteiger partial charge in [-0.2, -0.15) is 13.2 Å². The highest BCUT2D eigenvalue weighted by Crippen LogP contribution is 2.45. The Hall–Kier alpha value is -2.25. The largest absolute Gasteiger partial charge is 0.484 e. The number of halogens is 3. The Kier molecular flexibility index (Phi) is 4.53. The summed E-state index contributed by atoms with van der Waals surface area (Å²) in [5.74, 6) is -2.21. The SMILES string of the molecule is Cc1ccc(OCC(=O)N2CCC(C(=O)O)(C(F)(F)F)C2)cc1. The van der Waals surface area contributed by atoms with Crippen molar-refractivity contribution in [1.29, 1.82) is 0 Å². The molecule has 0 aromatic heterocycles. The molecular formula is C15H16F3NO4. The molecule has 2 rings (SSSR count). The average molecular weight is 331 g/mol. The van der Waals surface area contributed by atoms with Crippen molar-refractivity contribution in [1.82, 2.24) is 4.90 Å². The van der Waals surface area contributed by atoms with Crippen LogP contribution in [-0.4, -0.2) is 47.8 Å². The van der Waals surface area contributed by atoms with Crippen molar-refractivity contribution in [3.8, 4) is 5.75 Å². The van der Waals surface area contributed by atoms with E-state index in [-0.39, 0.29) is 6.54 Å². The van der Waals surface area contributed by atoms with Crippen LogP contribution in [0.3, 0.4) is 0 Å². The Labute approximate surface area is 130 Å². The lowest BCUT2D eigenvalue weighted by atomic mass is 9.86. The Balaban J connectivity index is 1.99. The van der Waals surface area contributed by atoms with Crippen LogP contribution in [0.2, 0.25) is 0 Å². The second-order valence-corrected chi connectivity index (χ2v) is 5.55. The van der Waals surface area contributed by atoms with Crippen LogP contribution in [0, 0.1) is 12.3 Å². The third-order valence-electron chi connectivity index (χ3n) is 3.96.